The molecule has 3 amide bonds. The van der Waals surface area contributed by atoms with Gasteiger partial charge in [0.1, 0.15) is 6.61 Å². The minimum Gasteiger partial charge on any atom is -0.481 e. The highest BCUT2D eigenvalue weighted by Gasteiger charge is 2.08. The first kappa shape index (κ1) is 15.0. The summed E-state index contributed by atoms with van der Waals surface area (Å²) in [6.07, 6.45) is -0.910. The van der Waals surface area contributed by atoms with Crippen molar-refractivity contribution in [3.63, 3.8) is 0 Å². The number of carboxylic acids is 1. The lowest BCUT2D eigenvalue weighted by Gasteiger charge is -2.11. The van der Waals surface area contributed by atoms with Gasteiger partial charge in [0.05, 0.1) is 6.54 Å². The molecule has 0 saturated carbocycles. The molecular weight excluding hydrogens is 230 g/mol. The maximum Gasteiger partial charge on any atom is 0.404 e. The van der Waals surface area contributed by atoms with E-state index in [2.05, 4.69) is 15.4 Å². The second-order valence-corrected chi connectivity index (χ2v) is 3.51. The lowest BCUT2D eigenvalue weighted by Crippen LogP contribution is -2.39. The Kier molecular flexibility index (Phi) is 7.24. The summed E-state index contributed by atoms with van der Waals surface area (Å²) < 4.78 is 4.39. The Hall–Kier alpha value is -1.99. The number of ether oxygens (including phenoxy) is 1. The van der Waals surface area contributed by atoms with Gasteiger partial charge in [-0.15, -0.1) is 0 Å². The van der Waals surface area contributed by atoms with Gasteiger partial charge in [-0.1, -0.05) is 6.92 Å². The van der Waals surface area contributed by atoms with E-state index in [1.54, 1.807) is 6.92 Å². The monoisotopic (exact) mass is 247 g/mol. The van der Waals surface area contributed by atoms with Crippen LogP contribution in [0.25, 0.3) is 0 Å². The molecule has 0 aliphatic carbocycles. The van der Waals surface area contributed by atoms with Gasteiger partial charge < -0.3 is 26.2 Å². The summed E-state index contributed by atoms with van der Waals surface area (Å²) in [6.45, 7) is 2.11. The summed E-state index contributed by atoms with van der Waals surface area (Å²) in [4.78, 5) is 31.7. The number of aliphatic carboxylic acids is 1. The van der Waals surface area contributed by atoms with Crippen molar-refractivity contribution in [3.05, 3.63) is 0 Å². The average Bonchev–Trinajstić information content (AvgIpc) is 2.20. The van der Waals surface area contributed by atoms with E-state index in [4.69, 9.17) is 10.8 Å². The fraction of sp³-hybridized carbons (Fsp3) is 0.667. The summed E-state index contributed by atoms with van der Waals surface area (Å²) in [6, 6.07) is -0.449. The molecule has 0 aromatic heterocycles. The average molecular weight is 247 g/mol. The molecule has 0 aliphatic heterocycles. The number of nitrogens with two attached hydrogens (primary N) is 1. The summed E-state index contributed by atoms with van der Waals surface area (Å²) in [5.74, 6) is -1.06. The first-order valence-corrected chi connectivity index (χ1v) is 5.07. The molecule has 0 aromatic carbocycles. The topological polar surface area (TPSA) is 131 Å². The molecular formula is C9H17N3O5. The van der Waals surface area contributed by atoms with Crippen LogP contribution >= 0.6 is 0 Å². The summed E-state index contributed by atoms with van der Waals surface area (Å²) in [5, 5.41) is 13.4. The molecule has 17 heavy (non-hydrogen) atoms. The zero-order chi connectivity index (χ0) is 13.3. The highest BCUT2D eigenvalue weighted by atomic mass is 16.5. The molecule has 0 heterocycles. The molecule has 98 valence electrons. The maximum atomic E-state index is 11.1. The van der Waals surface area contributed by atoms with Crippen molar-refractivity contribution in [2.24, 2.45) is 11.7 Å². The van der Waals surface area contributed by atoms with Crippen LogP contribution in [0.2, 0.25) is 0 Å². The Morgan fingerprint density at radius 1 is 1.35 bits per heavy atom. The standard InChI is InChI=1S/C9H17N3O5/c1-6(4-7(13)14)5-12-9(16)11-2-3-17-8(10)15/h6H,2-5H2,1H3,(H2,10,15)(H,13,14)(H2,11,12,16). The van der Waals surface area contributed by atoms with E-state index in [0.29, 0.717) is 0 Å². The Morgan fingerprint density at radius 2 is 2.00 bits per heavy atom. The molecule has 0 fully saturated rings. The van der Waals surface area contributed by atoms with Crippen molar-refractivity contribution < 1.29 is 24.2 Å². The molecule has 0 spiro atoms. The SMILES string of the molecule is CC(CNC(=O)NCCOC(N)=O)CC(=O)O. The molecule has 0 bridgehead atoms. The zero-order valence-electron chi connectivity index (χ0n) is 9.56. The predicted octanol–water partition coefficient (Wildman–Crippen LogP) is -0.508. The predicted molar refractivity (Wildman–Crippen MR) is 58.4 cm³/mol. The maximum absolute atomic E-state index is 11.1. The first-order valence-electron chi connectivity index (χ1n) is 5.07. The molecule has 0 aliphatic rings. The Morgan fingerprint density at radius 3 is 2.53 bits per heavy atom. The summed E-state index contributed by atoms with van der Waals surface area (Å²) in [7, 11) is 0. The number of amides is 3. The Labute approximate surface area is 98.5 Å². The van der Waals surface area contributed by atoms with E-state index in [1.165, 1.54) is 0 Å². The van der Waals surface area contributed by atoms with Gasteiger partial charge in [-0.3, -0.25) is 4.79 Å². The zero-order valence-corrected chi connectivity index (χ0v) is 9.56. The lowest BCUT2D eigenvalue weighted by atomic mass is 10.1. The third kappa shape index (κ3) is 10.3. The highest BCUT2D eigenvalue weighted by Crippen LogP contribution is 1.98. The van der Waals surface area contributed by atoms with Gasteiger partial charge in [0.25, 0.3) is 0 Å². The van der Waals surface area contributed by atoms with Crippen LogP contribution in [0.1, 0.15) is 13.3 Å². The van der Waals surface area contributed by atoms with E-state index in [-0.39, 0.29) is 32.0 Å². The van der Waals surface area contributed by atoms with Crippen LogP contribution in [0, 0.1) is 5.92 Å². The quantitative estimate of drug-likeness (QED) is 0.450. The van der Waals surface area contributed by atoms with Gasteiger partial charge in [-0.05, 0) is 5.92 Å². The van der Waals surface area contributed by atoms with Crippen molar-refractivity contribution in [2.45, 2.75) is 13.3 Å². The van der Waals surface area contributed by atoms with Crippen molar-refractivity contribution in [3.8, 4) is 0 Å². The minimum absolute atomic E-state index is 0.00652. The molecule has 0 radical (unpaired) electrons. The number of nitrogens with one attached hydrogen (secondary N) is 2. The van der Waals surface area contributed by atoms with E-state index < -0.39 is 18.1 Å². The second-order valence-electron chi connectivity index (χ2n) is 3.51. The third-order valence-corrected chi connectivity index (χ3v) is 1.77. The van der Waals surface area contributed by atoms with Gasteiger partial charge in [0, 0.05) is 13.0 Å². The Balaban J connectivity index is 3.52. The van der Waals surface area contributed by atoms with Gasteiger partial charge >= 0.3 is 18.1 Å². The van der Waals surface area contributed by atoms with E-state index in [0.717, 1.165) is 0 Å². The summed E-state index contributed by atoms with van der Waals surface area (Å²) in [5.41, 5.74) is 4.71. The number of urea groups is 1. The second kappa shape index (κ2) is 8.20. The van der Waals surface area contributed by atoms with Gasteiger partial charge in [-0.2, -0.15) is 0 Å². The van der Waals surface area contributed by atoms with Crippen molar-refractivity contribution in [1.82, 2.24) is 10.6 Å². The highest BCUT2D eigenvalue weighted by molar-refractivity contribution is 5.74. The van der Waals surface area contributed by atoms with Crippen LogP contribution in [0.5, 0.6) is 0 Å². The number of hydrogen-bond acceptors (Lipinski definition) is 4. The van der Waals surface area contributed by atoms with Gasteiger partial charge in [0.15, 0.2) is 0 Å². The van der Waals surface area contributed by atoms with Crippen LogP contribution in [-0.2, 0) is 9.53 Å². The lowest BCUT2D eigenvalue weighted by molar-refractivity contribution is -0.137. The van der Waals surface area contributed by atoms with Crippen molar-refractivity contribution in [1.29, 1.82) is 0 Å². The molecule has 0 rings (SSSR count). The number of primary amides is 1. The normalized spacial score (nSPS) is 11.4. The van der Waals surface area contributed by atoms with E-state index in [1.807, 2.05) is 0 Å². The van der Waals surface area contributed by atoms with Crippen LogP contribution in [-0.4, -0.2) is 42.9 Å². The molecule has 8 nitrogen and oxygen atoms in total. The molecule has 5 N–H and O–H groups in total. The van der Waals surface area contributed by atoms with Crippen LogP contribution in [0.4, 0.5) is 9.59 Å². The van der Waals surface area contributed by atoms with Crippen molar-refractivity contribution >= 4 is 18.1 Å². The third-order valence-electron chi connectivity index (χ3n) is 1.77. The van der Waals surface area contributed by atoms with Crippen LogP contribution < -0.4 is 16.4 Å². The van der Waals surface area contributed by atoms with Gasteiger partial charge in [0.2, 0.25) is 0 Å². The molecule has 0 saturated heterocycles. The number of carbonyl (C=O) groups is 3. The molecule has 0 aromatic rings. The van der Waals surface area contributed by atoms with Crippen LogP contribution in [0.3, 0.4) is 0 Å². The van der Waals surface area contributed by atoms with Crippen LogP contribution in [0.15, 0.2) is 0 Å². The van der Waals surface area contributed by atoms with E-state index in [9.17, 15) is 14.4 Å². The molecule has 1 unspecified atom stereocenters. The number of rotatable bonds is 7. The smallest absolute Gasteiger partial charge is 0.404 e. The number of carboxylic acid groups (broad SMARTS) is 1. The number of hydrogen-bond donors (Lipinski definition) is 4. The van der Waals surface area contributed by atoms with E-state index >= 15 is 0 Å². The Bertz CT molecular complexity index is 282. The fourth-order valence-electron chi connectivity index (χ4n) is 1.02. The summed E-state index contributed by atoms with van der Waals surface area (Å²) >= 11 is 0. The minimum atomic E-state index is -0.908. The van der Waals surface area contributed by atoms with Crippen molar-refractivity contribution in [2.75, 3.05) is 19.7 Å². The largest absolute Gasteiger partial charge is 0.481 e. The number of carbonyl (C=O) groups excluding carboxylic acids is 2. The van der Waals surface area contributed by atoms with Gasteiger partial charge in [-0.25, -0.2) is 9.59 Å². The molecule has 1 atom stereocenters. The fourth-order valence-corrected chi connectivity index (χ4v) is 1.02. The first-order chi connectivity index (χ1) is 7.91. The molecule has 8 heteroatoms.